The Kier molecular flexibility index (Phi) is 8.77. The van der Waals surface area contributed by atoms with Crippen LogP contribution in [0.3, 0.4) is 0 Å². The molecule has 1 unspecified atom stereocenters. The van der Waals surface area contributed by atoms with Crippen molar-refractivity contribution in [3.63, 3.8) is 0 Å². The molecule has 2 heteroatoms. The molecular formula is C18H29ClO. The van der Waals surface area contributed by atoms with E-state index in [-0.39, 0.29) is 5.38 Å². The molecule has 1 rings (SSSR count). The van der Waals surface area contributed by atoms with E-state index in [0.29, 0.717) is 0 Å². The van der Waals surface area contributed by atoms with Gasteiger partial charge in [0.1, 0.15) is 5.75 Å². The Morgan fingerprint density at radius 2 is 1.70 bits per heavy atom. The van der Waals surface area contributed by atoms with Crippen LogP contribution in [-0.4, -0.2) is 7.11 Å². The monoisotopic (exact) mass is 296 g/mol. The number of hydrogen-bond donors (Lipinski definition) is 0. The lowest BCUT2D eigenvalue weighted by molar-refractivity contribution is 0.411. The molecule has 0 bridgehead atoms. The molecule has 0 radical (unpaired) electrons. The summed E-state index contributed by atoms with van der Waals surface area (Å²) in [6.07, 6.45) is 10.4. The molecule has 0 aliphatic heterocycles. The predicted octanol–water partition coefficient (Wildman–Crippen LogP) is 6.42. The van der Waals surface area contributed by atoms with Crippen molar-refractivity contribution in [3.8, 4) is 5.75 Å². The summed E-state index contributed by atoms with van der Waals surface area (Å²) in [7, 11) is 1.71. The van der Waals surface area contributed by atoms with Crippen molar-refractivity contribution in [1.29, 1.82) is 0 Å². The third kappa shape index (κ3) is 6.17. The zero-order valence-corrected chi connectivity index (χ0v) is 14.0. The number of rotatable bonds is 10. The van der Waals surface area contributed by atoms with E-state index < -0.39 is 0 Å². The van der Waals surface area contributed by atoms with E-state index in [9.17, 15) is 0 Å². The first kappa shape index (κ1) is 17.4. The molecule has 0 aromatic heterocycles. The minimum absolute atomic E-state index is 0.134. The zero-order valence-electron chi connectivity index (χ0n) is 13.3. The summed E-state index contributed by atoms with van der Waals surface area (Å²) in [5, 5.41) is 0.134. The molecule has 0 saturated heterocycles. The van der Waals surface area contributed by atoms with Crippen LogP contribution < -0.4 is 4.74 Å². The third-order valence-electron chi connectivity index (χ3n) is 3.84. The van der Waals surface area contributed by atoms with E-state index in [2.05, 4.69) is 26.0 Å². The normalized spacial score (nSPS) is 12.4. The van der Waals surface area contributed by atoms with Gasteiger partial charge in [-0.25, -0.2) is 0 Å². The smallest absolute Gasteiger partial charge is 0.121 e. The fourth-order valence-corrected chi connectivity index (χ4v) is 2.83. The molecule has 0 aliphatic rings. The molecule has 0 saturated carbocycles. The SMILES string of the molecule is CCCCCCCCCC(Cl)c1ccc(OC)c(C)c1. The highest BCUT2D eigenvalue weighted by Crippen LogP contribution is 2.30. The lowest BCUT2D eigenvalue weighted by Gasteiger charge is -2.12. The maximum atomic E-state index is 6.50. The summed E-state index contributed by atoms with van der Waals surface area (Å²) in [5.41, 5.74) is 2.38. The summed E-state index contributed by atoms with van der Waals surface area (Å²) in [4.78, 5) is 0. The molecule has 1 aromatic carbocycles. The lowest BCUT2D eigenvalue weighted by Crippen LogP contribution is -1.94. The molecule has 0 N–H and O–H groups in total. The van der Waals surface area contributed by atoms with E-state index in [4.69, 9.17) is 16.3 Å². The van der Waals surface area contributed by atoms with Gasteiger partial charge in [-0.3, -0.25) is 0 Å². The van der Waals surface area contributed by atoms with Crippen LogP contribution in [0.15, 0.2) is 18.2 Å². The van der Waals surface area contributed by atoms with E-state index >= 15 is 0 Å². The van der Waals surface area contributed by atoms with Gasteiger partial charge in [-0.1, -0.05) is 64.0 Å². The van der Waals surface area contributed by atoms with Gasteiger partial charge < -0.3 is 4.74 Å². The Morgan fingerprint density at radius 3 is 2.30 bits per heavy atom. The highest BCUT2D eigenvalue weighted by atomic mass is 35.5. The first-order chi connectivity index (χ1) is 9.69. The van der Waals surface area contributed by atoms with Crippen molar-refractivity contribution < 1.29 is 4.74 Å². The second-order valence-corrected chi connectivity index (χ2v) is 6.13. The number of benzene rings is 1. The van der Waals surface area contributed by atoms with Crippen LogP contribution in [0.5, 0.6) is 5.75 Å². The van der Waals surface area contributed by atoms with Crippen LogP contribution in [-0.2, 0) is 0 Å². The molecule has 0 fully saturated rings. The van der Waals surface area contributed by atoms with E-state index in [1.54, 1.807) is 7.11 Å². The fraction of sp³-hybridized carbons (Fsp3) is 0.667. The summed E-state index contributed by atoms with van der Waals surface area (Å²) in [6.45, 7) is 4.33. The van der Waals surface area contributed by atoms with Gasteiger partial charge >= 0.3 is 0 Å². The van der Waals surface area contributed by atoms with E-state index in [0.717, 1.165) is 17.7 Å². The van der Waals surface area contributed by atoms with Gasteiger partial charge in [0, 0.05) is 0 Å². The van der Waals surface area contributed by atoms with Crippen LogP contribution in [0.4, 0.5) is 0 Å². The van der Waals surface area contributed by atoms with Crippen LogP contribution >= 0.6 is 11.6 Å². The van der Waals surface area contributed by atoms with Crippen molar-refractivity contribution in [2.45, 2.75) is 70.6 Å². The quantitative estimate of drug-likeness (QED) is 0.357. The number of methoxy groups -OCH3 is 1. The van der Waals surface area contributed by atoms with Crippen LogP contribution in [0.2, 0.25) is 0 Å². The Labute approximate surface area is 129 Å². The first-order valence-electron chi connectivity index (χ1n) is 7.97. The molecule has 0 spiro atoms. The average Bonchev–Trinajstić information content (AvgIpc) is 2.46. The lowest BCUT2D eigenvalue weighted by atomic mass is 10.0. The highest BCUT2D eigenvalue weighted by molar-refractivity contribution is 6.20. The van der Waals surface area contributed by atoms with Crippen molar-refractivity contribution >= 4 is 11.6 Å². The Morgan fingerprint density at radius 1 is 1.05 bits per heavy atom. The minimum atomic E-state index is 0.134. The van der Waals surface area contributed by atoms with Gasteiger partial charge in [0.05, 0.1) is 12.5 Å². The number of ether oxygens (including phenoxy) is 1. The minimum Gasteiger partial charge on any atom is -0.496 e. The Balaban J connectivity index is 2.25. The molecule has 0 amide bonds. The maximum Gasteiger partial charge on any atom is 0.121 e. The first-order valence-corrected chi connectivity index (χ1v) is 8.41. The Hall–Kier alpha value is -0.690. The van der Waals surface area contributed by atoms with Gasteiger partial charge in [0.15, 0.2) is 0 Å². The van der Waals surface area contributed by atoms with Crippen molar-refractivity contribution in [1.82, 2.24) is 0 Å². The standard InChI is InChI=1S/C18H29ClO/c1-4-5-6-7-8-9-10-11-17(19)16-12-13-18(20-3)15(2)14-16/h12-14,17H,4-11H2,1-3H3. The van der Waals surface area contributed by atoms with Crippen LogP contribution in [0.25, 0.3) is 0 Å². The molecule has 1 nitrogen and oxygen atoms in total. The molecule has 1 atom stereocenters. The number of hydrogen-bond acceptors (Lipinski definition) is 1. The molecule has 1 aromatic rings. The highest BCUT2D eigenvalue weighted by Gasteiger charge is 2.09. The largest absolute Gasteiger partial charge is 0.496 e. The Bertz CT molecular complexity index is 376. The van der Waals surface area contributed by atoms with Crippen molar-refractivity contribution in [2.75, 3.05) is 7.11 Å². The van der Waals surface area contributed by atoms with Crippen LogP contribution in [0, 0.1) is 6.92 Å². The van der Waals surface area contributed by atoms with Gasteiger partial charge in [0.2, 0.25) is 0 Å². The summed E-state index contributed by atoms with van der Waals surface area (Å²) < 4.78 is 5.28. The van der Waals surface area contributed by atoms with E-state index in [1.165, 1.54) is 50.5 Å². The van der Waals surface area contributed by atoms with E-state index in [1.807, 2.05) is 6.07 Å². The van der Waals surface area contributed by atoms with Crippen molar-refractivity contribution in [2.24, 2.45) is 0 Å². The third-order valence-corrected chi connectivity index (χ3v) is 4.31. The zero-order chi connectivity index (χ0) is 14.8. The van der Waals surface area contributed by atoms with Crippen molar-refractivity contribution in [3.05, 3.63) is 29.3 Å². The molecule has 20 heavy (non-hydrogen) atoms. The number of alkyl halides is 1. The molecule has 0 heterocycles. The van der Waals surface area contributed by atoms with Gasteiger partial charge in [0.25, 0.3) is 0 Å². The summed E-state index contributed by atoms with van der Waals surface area (Å²) in [6, 6.07) is 6.26. The predicted molar refractivity (Wildman–Crippen MR) is 88.9 cm³/mol. The second kappa shape index (κ2) is 10.1. The fourth-order valence-electron chi connectivity index (χ4n) is 2.54. The number of halogens is 1. The topological polar surface area (TPSA) is 9.23 Å². The molecule has 114 valence electrons. The number of unbranched alkanes of at least 4 members (excludes halogenated alkanes) is 6. The average molecular weight is 297 g/mol. The van der Waals surface area contributed by atoms with Gasteiger partial charge in [-0.15, -0.1) is 11.6 Å². The van der Waals surface area contributed by atoms with Crippen LogP contribution in [0.1, 0.15) is 74.8 Å². The summed E-state index contributed by atoms with van der Waals surface area (Å²) in [5.74, 6) is 0.938. The number of aryl methyl sites for hydroxylation is 1. The van der Waals surface area contributed by atoms with Gasteiger partial charge in [-0.2, -0.15) is 0 Å². The molecule has 0 aliphatic carbocycles. The maximum absolute atomic E-state index is 6.50. The summed E-state index contributed by atoms with van der Waals surface area (Å²) >= 11 is 6.50. The van der Waals surface area contributed by atoms with Gasteiger partial charge in [-0.05, 0) is 30.5 Å². The second-order valence-electron chi connectivity index (χ2n) is 5.61. The molecular weight excluding hydrogens is 268 g/mol.